The Bertz CT molecular complexity index is 705. The van der Waals surface area contributed by atoms with Crippen molar-refractivity contribution >= 4 is 26.7 Å². The molecule has 0 heterocycles. The van der Waals surface area contributed by atoms with Gasteiger partial charge in [0, 0.05) is 19.3 Å². The van der Waals surface area contributed by atoms with E-state index in [1.165, 1.54) is 154 Å². The molecule has 7 heteroatoms. The second-order valence-corrected chi connectivity index (χ2v) is 18.2. The lowest BCUT2D eigenvalue weighted by Gasteiger charge is -2.27. The summed E-state index contributed by atoms with van der Waals surface area (Å²) < 4.78 is 17.8. The van der Waals surface area contributed by atoms with Gasteiger partial charge in [-0.2, -0.15) is 0 Å². The first-order valence-corrected chi connectivity index (χ1v) is 25.0. The third-order valence-corrected chi connectivity index (χ3v) is 13.0. The molecule has 0 aliphatic rings. The zero-order chi connectivity index (χ0) is 38.2. The van der Waals surface area contributed by atoms with E-state index in [4.69, 9.17) is 13.3 Å². The molecule has 0 saturated carbocycles. The highest BCUT2D eigenvalue weighted by atomic mass is 28.4. The molecule has 6 nitrogen and oxygen atoms in total. The van der Waals surface area contributed by atoms with Crippen molar-refractivity contribution in [3.05, 3.63) is 0 Å². The smallest absolute Gasteiger partial charge is 0.455 e. The molecule has 0 unspecified atom stereocenters. The van der Waals surface area contributed by atoms with Gasteiger partial charge >= 0.3 is 8.80 Å². The fraction of sp³-hybridized carbons (Fsp3) is 0.933. The summed E-state index contributed by atoms with van der Waals surface area (Å²) >= 11 is 0. The maximum atomic E-state index is 13.1. The molecular weight excluding hydrogens is 665 g/mol. The van der Waals surface area contributed by atoms with Crippen molar-refractivity contribution in [3.63, 3.8) is 0 Å². The van der Waals surface area contributed by atoms with E-state index in [-0.39, 0.29) is 25.3 Å². The van der Waals surface area contributed by atoms with E-state index in [9.17, 15) is 14.4 Å². The van der Waals surface area contributed by atoms with Gasteiger partial charge in [0.1, 0.15) is 0 Å². The summed E-state index contributed by atoms with van der Waals surface area (Å²) in [4.78, 5) is 39.3. The average Bonchev–Trinajstić information content (AvgIpc) is 3.11. The molecule has 0 fully saturated rings. The lowest BCUT2D eigenvalue weighted by atomic mass is 10.1. The van der Waals surface area contributed by atoms with Gasteiger partial charge in [-0.15, -0.1) is 0 Å². The molecule has 0 atom stereocenters. The Morgan fingerprint density at radius 3 is 0.673 bits per heavy atom. The molecule has 52 heavy (non-hydrogen) atoms. The quantitative estimate of drug-likeness (QED) is 0.0457. The Balaban J connectivity index is 4.78. The summed E-state index contributed by atoms with van der Waals surface area (Å²) in [5, 5.41) is 0. The molecule has 308 valence electrons. The van der Waals surface area contributed by atoms with Crippen LogP contribution >= 0.6 is 0 Å². The number of carbonyl (C=O) groups excluding carboxylic acids is 3. The summed E-state index contributed by atoms with van der Waals surface area (Å²) in [6.07, 6.45) is 41.1. The van der Waals surface area contributed by atoms with Crippen LogP contribution < -0.4 is 0 Å². The minimum Gasteiger partial charge on any atom is -0.455 e. The first kappa shape index (κ1) is 50.6. The standard InChI is InChI=1S/C45H88O6Si/c1-5-9-12-15-18-21-24-27-30-33-36-39-43(46)49-52(42-8-4,50-44(47)40-37-34-31-28-25-22-19-16-13-10-6-2)51-45(48)41-38-35-32-29-26-23-20-17-14-11-7-3/h5-42H2,1-4H3. The number of rotatable bonds is 41. The van der Waals surface area contributed by atoms with E-state index in [1.807, 2.05) is 6.92 Å². The van der Waals surface area contributed by atoms with Crippen LogP contribution in [-0.4, -0.2) is 26.7 Å². The normalized spacial score (nSPS) is 11.5. The largest absolute Gasteiger partial charge is 0.705 e. The zero-order valence-corrected chi connectivity index (χ0v) is 36.3. The number of hydrogen-bond donors (Lipinski definition) is 0. The van der Waals surface area contributed by atoms with Gasteiger partial charge in [0.05, 0.1) is 6.04 Å². The summed E-state index contributed by atoms with van der Waals surface area (Å²) in [6.45, 7) is 8.71. The van der Waals surface area contributed by atoms with E-state index in [0.717, 1.165) is 57.8 Å². The van der Waals surface area contributed by atoms with Crippen LogP contribution in [0.25, 0.3) is 0 Å². The lowest BCUT2D eigenvalue weighted by molar-refractivity contribution is -0.150. The van der Waals surface area contributed by atoms with Crippen molar-refractivity contribution in [1.29, 1.82) is 0 Å². The monoisotopic (exact) mass is 753 g/mol. The number of carbonyl (C=O) groups is 3. The first-order valence-electron chi connectivity index (χ1n) is 23.1. The minimum absolute atomic E-state index is 0.266. The van der Waals surface area contributed by atoms with E-state index in [2.05, 4.69) is 20.8 Å². The van der Waals surface area contributed by atoms with Crippen LogP contribution in [0.2, 0.25) is 6.04 Å². The Kier molecular flexibility index (Phi) is 38.3. The molecule has 0 N–H and O–H groups in total. The van der Waals surface area contributed by atoms with Gasteiger partial charge in [-0.3, -0.25) is 14.4 Å². The van der Waals surface area contributed by atoms with Gasteiger partial charge in [-0.25, -0.2) is 0 Å². The minimum atomic E-state index is -3.83. The van der Waals surface area contributed by atoms with Crippen LogP contribution in [0.1, 0.15) is 265 Å². The van der Waals surface area contributed by atoms with E-state index < -0.39 is 26.7 Å². The third-order valence-electron chi connectivity index (χ3n) is 10.3. The van der Waals surface area contributed by atoms with Crippen LogP contribution in [0.15, 0.2) is 0 Å². The predicted octanol–water partition coefficient (Wildman–Crippen LogP) is 15.1. The predicted molar refractivity (Wildman–Crippen MR) is 222 cm³/mol. The third kappa shape index (κ3) is 34.4. The summed E-state index contributed by atoms with van der Waals surface area (Å²) in [5.74, 6) is -1.21. The Morgan fingerprint density at radius 1 is 0.288 bits per heavy atom. The van der Waals surface area contributed by atoms with Crippen molar-refractivity contribution in [2.75, 3.05) is 0 Å². The maximum Gasteiger partial charge on any atom is 0.705 e. The molecule has 0 aromatic carbocycles. The van der Waals surface area contributed by atoms with Crippen molar-refractivity contribution in [3.8, 4) is 0 Å². The van der Waals surface area contributed by atoms with Gasteiger partial charge in [0.25, 0.3) is 17.9 Å². The van der Waals surface area contributed by atoms with E-state index >= 15 is 0 Å². The van der Waals surface area contributed by atoms with E-state index in [1.54, 1.807) is 0 Å². The molecule has 0 aliphatic carbocycles. The highest BCUT2D eigenvalue weighted by Crippen LogP contribution is 2.23. The maximum absolute atomic E-state index is 13.1. The molecule has 0 aliphatic heterocycles. The topological polar surface area (TPSA) is 78.9 Å². The highest BCUT2D eigenvalue weighted by Gasteiger charge is 2.52. The molecule has 0 saturated heterocycles. The Hall–Kier alpha value is -1.37. The molecule has 0 bridgehead atoms. The van der Waals surface area contributed by atoms with Gasteiger partial charge in [0.15, 0.2) is 0 Å². The molecular formula is C45H88O6Si. The number of unbranched alkanes of at least 4 members (excludes halogenated alkanes) is 30. The summed E-state index contributed by atoms with van der Waals surface area (Å²) in [5.41, 5.74) is 0. The fourth-order valence-corrected chi connectivity index (χ4v) is 9.39. The van der Waals surface area contributed by atoms with Crippen LogP contribution in [-0.2, 0) is 27.7 Å². The molecule has 0 spiro atoms. The van der Waals surface area contributed by atoms with Crippen LogP contribution in [0.3, 0.4) is 0 Å². The molecule has 0 aromatic heterocycles. The van der Waals surface area contributed by atoms with Crippen LogP contribution in [0.5, 0.6) is 0 Å². The zero-order valence-electron chi connectivity index (χ0n) is 35.3. The molecule has 0 rings (SSSR count). The van der Waals surface area contributed by atoms with Crippen LogP contribution in [0, 0.1) is 0 Å². The van der Waals surface area contributed by atoms with Gasteiger partial charge < -0.3 is 13.3 Å². The van der Waals surface area contributed by atoms with Gasteiger partial charge in [-0.1, -0.05) is 220 Å². The highest BCUT2D eigenvalue weighted by molar-refractivity contribution is 6.65. The second kappa shape index (κ2) is 39.3. The molecule has 0 amide bonds. The average molecular weight is 753 g/mol. The molecule has 0 aromatic rings. The van der Waals surface area contributed by atoms with Gasteiger partial charge in [-0.05, 0) is 25.7 Å². The first-order chi connectivity index (χ1) is 25.4. The Labute approximate surface area is 324 Å². The summed E-state index contributed by atoms with van der Waals surface area (Å²) in [7, 11) is -3.83. The lowest BCUT2D eigenvalue weighted by Crippen LogP contribution is -2.50. The van der Waals surface area contributed by atoms with E-state index in [0.29, 0.717) is 6.42 Å². The van der Waals surface area contributed by atoms with Gasteiger partial charge in [0.2, 0.25) is 0 Å². The second-order valence-electron chi connectivity index (χ2n) is 15.7. The van der Waals surface area contributed by atoms with Crippen molar-refractivity contribution in [2.24, 2.45) is 0 Å². The summed E-state index contributed by atoms with van der Waals surface area (Å²) in [6, 6.07) is 0.283. The fourth-order valence-electron chi connectivity index (χ4n) is 7.00. The van der Waals surface area contributed by atoms with Crippen molar-refractivity contribution in [2.45, 2.75) is 271 Å². The van der Waals surface area contributed by atoms with Crippen LogP contribution in [0.4, 0.5) is 0 Å². The molecule has 0 radical (unpaired) electrons. The Morgan fingerprint density at radius 2 is 0.481 bits per heavy atom. The van der Waals surface area contributed by atoms with Crippen molar-refractivity contribution < 1.29 is 27.7 Å². The number of hydrogen-bond acceptors (Lipinski definition) is 6. The SMILES string of the molecule is CCCCCCCCCCCCCC(=O)O[Si](CCC)(OC(=O)CCCCCCCCCCCCC)OC(=O)CCCCCCCCCCCCC. The van der Waals surface area contributed by atoms with Crippen molar-refractivity contribution in [1.82, 2.24) is 0 Å².